The molecular formula is C46H30N4. The first kappa shape index (κ1) is 29.4. The Hall–Kier alpha value is -6.78. The third-order valence-electron chi connectivity index (χ3n) is 9.19. The minimum Gasteiger partial charge on any atom is -0.236 e. The fourth-order valence-corrected chi connectivity index (χ4v) is 6.52. The minimum atomic E-state index is 0.660. The maximum Gasteiger partial charge on any atom is 0.160 e. The number of benzene rings is 7. The van der Waals surface area contributed by atoms with Crippen molar-refractivity contribution in [2.45, 2.75) is 0 Å². The summed E-state index contributed by atoms with van der Waals surface area (Å²) in [4.78, 5) is 20.3. The topological polar surface area (TPSA) is 51.6 Å². The van der Waals surface area contributed by atoms with Crippen LogP contribution in [0.15, 0.2) is 182 Å². The van der Waals surface area contributed by atoms with Crippen LogP contribution in [0.3, 0.4) is 0 Å². The first-order valence-electron chi connectivity index (χ1n) is 16.7. The summed E-state index contributed by atoms with van der Waals surface area (Å²) >= 11 is 0. The molecule has 4 heteroatoms. The molecule has 234 valence electrons. The van der Waals surface area contributed by atoms with Gasteiger partial charge in [-0.2, -0.15) is 0 Å². The van der Waals surface area contributed by atoms with Crippen LogP contribution < -0.4 is 0 Å². The van der Waals surface area contributed by atoms with Crippen LogP contribution in [0.1, 0.15) is 0 Å². The van der Waals surface area contributed by atoms with E-state index in [9.17, 15) is 0 Å². The van der Waals surface area contributed by atoms with Crippen LogP contribution in [0.5, 0.6) is 0 Å². The van der Waals surface area contributed by atoms with Gasteiger partial charge in [-0.1, -0.05) is 164 Å². The summed E-state index contributed by atoms with van der Waals surface area (Å²) in [5.41, 5.74) is 12.5. The van der Waals surface area contributed by atoms with E-state index in [1.165, 1.54) is 16.7 Å². The maximum atomic E-state index is 5.20. The van der Waals surface area contributed by atoms with Gasteiger partial charge in [0.25, 0.3) is 0 Å². The highest BCUT2D eigenvalue weighted by Crippen LogP contribution is 2.35. The Morgan fingerprint density at radius 1 is 0.280 bits per heavy atom. The Morgan fingerprint density at radius 3 is 1.20 bits per heavy atom. The molecule has 0 aliphatic rings. The maximum absolute atomic E-state index is 5.20. The lowest BCUT2D eigenvalue weighted by Gasteiger charge is -2.13. The van der Waals surface area contributed by atoms with E-state index in [0.29, 0.717) is 11.6 Å². The second kappa shape index (κ2) is 12.7. The van der Waals surface area contributed by atoms with E-state index < -0.39 is 0 Å². The highest BCUT2D eigenvalue weighted by molar-refractivity contribution is 6.08. The lowest BCUT2D eigenvalue weighted by atomic mass is 9.99. The molecular weight excluding hydrogens is 609 g/mol. The molecule has 9 rings (SSSR count). The zero-order chi connectivity index (χ0) is 33.3. The van der Waals surface area contributed by atoms with Crippen molar-refractivity contribution in [2.24, 2.45) is 0 Å². The van der Waals surface area contributed by atoms with Crippen molar-refractivity contribution in [3.8, 4) is 67.4 Å². The average Bonchev–Trinajstić information content (AvgIpc) is 3.21. The molecule has 2 aromatic heterocycles. The molecule has 4 nitrogen and oxygen atoms in total. The summed E-state index contributed by atoms with van der Waals surface area (Å²) < 4.78 is 0. The molecule has 0 atom stereocenters. The fraction of sp³-hybridized carbons (Fsp3) is 0. The van der Waals surface area contributed by atoms with E-state index in [4.69, 9.17) is 19.9 Å². The quantitative estimate of drug-likeness (QED) is 0.170. The number of nitrogens with zero attached hydrogens (tertiary/aromatic N) is 4. The molecule has 0 radical (unpaired) electrons. The van der Waals surface area contributed by atoms with Crippen molar-refractivity contribution < 1.29 is 0 Å². The Balaban J connectivity index is 1.16. The molecule has 2 heterocycles. The summed E-state index contributed by atoms with van der Waals surface area (Å²) in [6.07, 6.45) is 1.91. The Bertz CT molecular complexity index is 2580. The van der Waals surface area contributed by atoms with Gasteiger partial charge < -0.3 is 0 Å². The second-order valence-electron chi connectivity index (χ2n) is 12.3. The van der Waals surface area contributed by atoms with Crippen LogP contribution >= 0.6 is 0 Å². The lowest BCUT2D eigenvalue weighted by Crippen LogP contribution is -1.98. The molecule has 0 aliphatic carbocycles. The molecule has 0 bridgehead atoms. The standard InChI is InChI=1S/C46H30N4/c1-4-10-31(11-5-1)34-16-22-37(23-17-34)43-40-28-29-42-41(30-47-45(48-42)38-24-18-35(19-25-38)32-12-6-2-7-13-32)44(40)50-46(49-43)39-26-20-36(21-27-39)33-14-8-3-9-15-33/h1-30H. The van der Waals surface area contributed by atoms with Gasteiger partial charge in [0.2, 0.25) is 0 Å². The van der Waals surface area contributed by atoms with Crippen LogP contribution in [0.25, 0.3) is 89.2 Å². The lowest BCUT2D eigenvalue weighted by molar-refractivity contribution is 1.21. The van der Waals surface area contributed by atoms with Crippen molar-refractivity contribution in [1.82, 2.24) is 19.9 Å². The van der Waals surface area contributed by atoms with Gasteiger partial charge in [-0.05, 0) is 45.5 Å². The van der Waals surface area contributed by atoms with E-state index in [0.717, 1.165) is 60.9 Å². The molecule has 0 spiro atoms. The van der Waals surface area contributed by atoms with Crippen molar-refractivity contribution in [3.05, 3.63) is 182 Å². The zero-order valence-electron chi connectivity index (χ0n) is 27.1. The zero-order valence-corrected chi connectivity index (χ0v) is 27.1. The molecule has 0 amide bonds. The molecule has 7 aromatic carbocycles. The molecule has 0 saturated carbocycles. The van der Waals surface area contributed by atoms with Crippen molar-refractivity contribution in [1.29, 1.82) is 0 Å². The Labute approximate surface area is 290 Å². The third-order valence-corrected chi connectivity index (χ3v) is 9.19. The largest absolute Gasteiger partial charge is 0.236 e. The number of fused-ring (bicyclic) bond motifs is 3. The number of hydrogen-bond donors (Lipinski definition) is 0. The molecule has 0 unspecified atom stereocenters. The van der Waals surface area contributed by atoms with E-state index in [-0.39, 0.29) is 0 Å². The number of aromatic nitrogens is 4. The molecule has 0 fully saturated rings. The third kappa shape index (κ3) is 5.59. The van der Waals surface area contributed by atoms with E-state index in [1.54, 1.807) is 0 Å². The van der Waals surface area contributed by atoms with Gasteiger partial charge in [0.05, 0.1) is 16.7 Å². The average molecular weight is 639 g/mol. The van der Waals surface area contributed by atoms with Crippen molar-refractivity contribution >= 4 is 21.8 Å². The van der Waals surface area contributed by atoms with Gasteiger partial charge in [0.1, 0.15) is 0 Å². The van der Waals surface area contributed by atoms with E-state index in [2.05, 4.69) is 158 Å². The van der Waals surface area contributed by atoms with Crippen LogP contribution in [-0.4, -0.2) is 19.9 Å². The Morgan fingerprint density at radius 2 is 0.700 bits per heavy atom. The predicted molar refractivity (Wildman–Crippen MR) is 205 cm³/mol. The number of rotatable bonds is 6. The van der Waals surface area contributed by atoms with Crippen LogP contribution in [-0.2, 0) is 0 Å². The smallest absolute Gasteiger partial charge is 0.160 e. The summed E-state index contributed by atoms with van der Waals surface area (Å²) in [7, 11) is 0. The van der Waals surface area contributed by atoms with Crippen LogP contribution in [0.2, 0.25) is 0 Å². The highest BCUT2D eigenvalue weighted by atomic mass is 14.9. The van der Waals surface area contributed by atoms with E-state index in [1.807, 2.05) is 24.4 Å². The van der Waals surface area contributed by atoms with Gasteiger partial charge in [0.15, 0.2) is 11.6 Å². The van der Waals surface area contributed by atoms with Crippen LogP contribution in [0.4, 0.5) is 0 Å². The molecule has 0 aliphatic heterocycles. The van der Waals surface area contributed by atoms with Gasteiger partial charge in [-0.15, -0.1) is 0 Å². The summed E-state index contributed by atoms with van der Waals surface area (Å²) in [5.74, 6) is 1.34. The first-order valence-corrected chi connectivity index (χ1v) is 16.7. The summed E-state index contributed by atoms with van der Waals surface area (Å²) in [6.45, 7) is 0. The SMILES string of the molecule is c1ccc(-c2ccc(-c3ncc4c(ccc5c(-c6ccc(-c7ccccc7)cc6)nc(-c6ccc(-c7ccccc7)cc6)nc54)n3)cc2)cc1. The van der Waals surface area contributed by atoms with Crippen LogP contribution in [0, 0.1) is 0 Å². The molecule has 0 N–H and O–H groups in total. The first-order chi connectivity index (χ1) is 24.8. The second-order valence-corrected chi connectivity index (χ2v) is 12.3. The monoisotopic (exact) mass is 638 g/mol. The van der Waals surface area contributed by atoms with Gasteiger partial charge in [-0.3, -0.25) is 0 Å². The number of hydrogen-bond acceptors (Lipinski definition) is 4. The molecule has 50 heavy (non-hydrogen) atoms. The minimum absolute atomic E-state index is 0.660. The Kier molecular flexibility index (Phi) is 7.45. The highest BCUT2D eigenvalue weighted by Gasteiger charge is 2.16. The van der Waals surface area contributed by atoms with Crippen molar-refractivity contribution in [2.75, 3.05) is 0 Å². The van der Waals surface area contributed by atoms with Gasteiger partial charge >= 0.3 is 0 Å². The molecule has 0 saturated heterocycles. The summed E-state index contributed by atoms with van der Waals surface area (Å²) in [6, 6.07) is 60.8. The van der Waals surface area contributed by atoms with E-state index >= 15 is 0 Å². The predicted octanol–water partition coefficient (Wildman–Crippen LogP) is 11.6. The molecule has 9 aromatic rings. The van der Waals surface area contributed by atoms with Gasteiger partial charge in [-0.25, -0.2) is 19.9 Å². The summed E-state index contributed by atoms with van der Waals surface area (Å²) in [5, 5.41) is 1.84. The normalized spacial score (nSPS) is 11.2. The fourth-order valence-electron chi connectivity index (χ4n) is 6.52. The van der Waals surface area contributed by atoms with Crippen molar-refractivity contribution in [3.63, 3.8) is 0 Å². The van der Waals surface area contributed by atoms with Gasteiger partial charge in [0, 0.05) is 33.7 Å².